The Labute approximate surface area is 171 Å². The molecule has 0 spiro atoms. The number of anilines is 1. The molecule has 1 saturated heterocycles. The van der Waals surface area contributed by atoms with Crippen LogP contribution in [0.4, 0.5) is 10.1 Å². The van der Waals surface area contributed by atoms with Crippen LogP contribution in [0.15, 0.2) is 48.7 Å². The summed E-state index contributed by atoms with van der Waals surface area (Å²) in [4.78, 5) is 29.5. The third-order valence-corrected chi connectivity index (χ3v) is 5.14. The molecule has 8 heteroatoms. The van der Waals surface area contributed by atoms with Crippen LogP contribution in [0.3, 0.4) is 0 Å². The second-order valence-electron chi connectivity index (χ2n) is 6.74. The zero-order valence-corrected chi connectivity index (χ0v) is 16.2. The molecule has 1 fully saturated rings. The minimum atomic E-state index is -0.458. The quantitative estimate of drug-likeness (QED) is 0.690. The van der Waals surface area contributed by atoms with Crippen LogP contribution in [-0.2, 0) is 11.3 Å². The lowest BCUT2D eigenvalue weighted by atomic mass is 10.1. The molecular formula is C21H18ClFN4O2. The van der Waals surface area contributed by atoms with Crippen molar-refractivity contribution in [3.05, 3.63) is 70.6 Å². The molecule has 1 aliphatic heterocycles. The van der Waals surface area contributed by atoms with Crippen LogP contribution in [0, 0.1) is 5.82 Å². The normalized spacial score (nSPS) is 14.0. The fourth-order valence-electron chi connectivity index (χ4n) is 3.24. The van der Waals surface area contributed by atoms with Crippen LogP contribution in [-0.4, -0.2) is 41.3 Å². The second-order valence-corrected chi connectivity index (χ2v) is 7.15. The number of carbonyl (C=O) groups is 2. The van der Waals surface area contributed by atoms with Crippen LogP contribution in [0.25, 0.3) is 10.9 Å². The molecule has 0 aliphatic carbocycles. The Morgan fingerprint density at radius 3 is 2.76 bits per heavy atom. The molecule has 1 aliphatic rings. The zero-order chi connectivity index (χ0) is 20.4. The minimum absolute atomic E-state index is 0.0709. The summed E-state index contributed by atoms with van der Waals surface area (Å²) in [6.45, 7) is 1.40. The van der Waals surface area contributed by atoms with E-state index in [-0.39, 0.29) is 23.9 Å². The number of hydrogen-bond acceptors (Lipinski definition) is 4. The highest BCUT2D eigenvalue weighted by Gasteiger charge is 2.22. The number of pyridine rings is 1. The monoisotopic (exact) mass is 412 g/mol. The molecule has 6 nitrogen and oxygen atoms in total. The highest BCUT2D eigenvalue weighted by atomic mass is 35.5. The van der Waals surface area contributed by atoms with Crippen LogP contribution in [0.2, 0.25) is 5.02 Å². The van der Waals surface area contributed by atoms with E-state index in [1.807, 2.05) is 0 Å². The Morgan fingerprint density at radius 2 is 2.00 bits per heavy atom. The number of hydrogen-bond donors (Lipinski definition) is 2. The number of halogens is 2. The van der Waals surface area contributed by atoms with Gasteiger partial charge in [0, 0.05) is 36.8 Å². The molecule has 1 aromatic heterocycles. The number of nitrogens with one attached hydrogen (secondary N) is 2. The molecule has 2 aromatic carbocycles. The van der Waals surface area contributed by atoms with Gasteiger partial charge in [-0.05, 0) is 35.9 Å². The van der Waals surface area contributed by atoms with E-state index >= 15 is 0 Å². The van der Waals surface area contributed by atoms with Crippen molar-refractivity contribution in [2.45, 2.75) is 6.54 Å². The fraction of sp³-hybridized carbons (Fsp3) is 0.190. The van der Waals surface area contributed by atoms with Gasteiger partial charge >= 0.3 is 0 Å². The topological polar surface area (TPSA) is 74.3 Å². The van der Waals surface area contributed by atoms with Crippen molar-refractivity contribution in [1.29, 1.82) is 0 Å². The Morgan fingerprint density at radius 1 is 1.21 bits per heavy atom. The lowest BCUT2D eigenvalue weighted by Crippen LogP contribution is -2.49. The molecule has 2 N–H and O–H groups in total. The van der Waals surface area contributed by atoms with Crippen molar-refractivity contribution in [1.82, 2.24) is 15.2 Å². The number of fused-ring (bicyclic) bond motifs is 1. The van der Waals surface area contributed by atoms with E-state index in [0.29, 0.717) is 41.3 Å². The summed E-state index contributed by atoms with van der Waals surface area (Å²) in [5.74, 6) is -0.790. The van der Waals surface area contributed by atoms with Gasteiger partial charge in [0.05, 0.1) is 17.3 Å². The molecule has 0 bridgehead atoms. The average Bonchev–Trinajstić information content (AvgIpc) is 2.74. The van der Waals surface area contributed by atoms with Crippen molar-refractivity contribution in [3.63, 3.8) is 0 Å². The van der Waals surface area contributed by atoms with E-state index in [9.17, 15) is 14.0 Å². The predicted molar refractivity (Wildman–Crippen MR) is 109 cm³/mol. The zero-order valence-electron chi connectivity index (χ0n) is 15.4. The molecular weight excluding hydrogens is 395 g/mol. The van der Waals surface area contributed by atoms with Gasteiger partial charge in [0.2, 0.25) is 5.91 Å². The summed E-state index contributed by atoms with van der Waals surface area (Å²) in [6.07, 6.45) is 1.47. The first-order valence-electron chi connectivity index (χ1n) is 9.14. The molecule has 3 aromatic rings. The maximum absolute atomic E-state index is 14.7. The van der Waals surface area contributed by atoms with E-state index in [1.54, 1.807) is 42.5 Å². The van der Waals surface area contributed by atoms with Gasteiger partial charge in [-0.25, -0.2) is 4.39 Å². The maximum atomic E-state index is 14.7. The minimum Gasteiger partial charge on any atom is -0.379 e. The van der Waals surface area contributed by atoms with E-state index in [1.165, 1.54) is 11.1 Å². The third-order valence-electron chi connectivity index (χ3n) is 4.81. The molecule has 2 heterocycles. The maximum Gasteiger partial charge on any atom is 0.254 e. The Hall–Kier alpha value is -3.19. The van der Waals surface area contributed by atoms with Gasteiger partial charge in [0.15, 0.2) is 5.82 Å². The molecule has 148 valence electrons. The summed E-state index contributed by atoms with van der Waals surface area (Å²) in [5.41, 5.74) is 1.94. The summed E-state index contributed by atoms with van der Waals surface area (Å²) in [7, 11) is 0. The molecule has 2 amide bonds. The Kier molecular flexibility index (Phi) is 5.31. The molecule has 0 unspecified atom stereocenters. The van der Waals surface area contributed by atoms with Crippen LogP contribution in [0.5, 0.6) is 0 Å². The lowest BCUT2D eigenvalue weighted by Gasteiger charge is -2.26. The van der Waals surface area contributed by atoms with E-state index in [0.717, 1.165) is 5.56 Å². The first-order valence-corrected chi connectivity index (χ1v) is 9.52. The Bertz CT molecular complexity index is 1090. The highest BCUT2D eigenvalue weighted by Crippen LogP contribution is 2.28. The Balaban J connectivity index is 1.44. The molecule has 0 saturated carbocycles. The largest absolute Gasteiger partial charge is 0.379 e. The number of amides is 2. The predicted octanol–water partition coefficient (Wildman–Crippen LogP) is 3.21. The van der Waals surface area contributed by atoms with E-state index < -0.39 is 5.82 Å². The van der Waals surface area contributed by atoms with Crippen molar-refractivity contribution >= 4 is 40.0 Å². The van der Waals surface area contributed by atoms with E-state index in [4.69, 9.17) is 11.6 Å². The first kappa shape index (κ1) is 19.1. The van der Waals surface area contributed by atoms with Gasteiger partial charge in [-0.2, -0.15) is 0 Å². The van der Waals surface area contributed by atoms with Gasteiger partial charge in [-0.1, -0.05) is 23.7 Å². The van der Waals surface area contributed by atoms with Gasteiger partial charge in [-0.15, -0.1) is 0 Å². The average molecular weight is 413 g/mol. The lowest BCUT2D eigenvalue weighted by molar-refractivity contribution is -0.123. The molecule has 0 radical (unpaired) electrons. The van der Waals surface area contributed by atoms with E-state index in [2.05, 4.69) is 15.6 Å². The van der Waals surface area contributed by atoms with Crippen LogP contribution >= 0.6 is 11.6 Å². The third kappa shape index (κ3) is 4.00. The van der Waals surface area contributed by atoms with Crippen LogP contribution in [0.1, 0.15) is 15.9 Å². The number of aromatic nitrogens is 1. The van der Waals surface area contributed by atoms with Crippen molar-refractivity contribution < 1.29 is 14.0 Å². The van der Waals surface area contributed by atoms with Gasteiger partial charge in [0.1, 0.15) is 5.52 Å². The summed E-state index contributed by atoms with van der Waals surface area (Å²) in [6, 6.07) is 12.0. The fourth-order valence-corrected chi connectivity index (χ4v) is 3.45. The molecule has 29 heavy (non-hydrogen) atoms. The number of rotatable bonds is 4. The number of carbonyl (C=O) groups excluding carboxylic acids is 2. The van der Waals surface area contributed by atoms with Crippen molar-refractivity contribution in [2.24, 2.45) is 0 Å². The van der Waals surface area contributed by atoms with Crippen molar-refractivity contribution in [3.8, 4) is 0 Å². The van der Waals surface area contributed by atoms with Gasteiger partial charge in [-0.3, -0.25) is 14.6 Å². The standard InChI is InChI=1S/C21H18ClFN4O2/c22-16-7-8-25-20-15(16)5-6-17(19(20)23)26-11-13-1-3-14(4-2-13)21(29)27-10-9-24-18(28)12-27/h1-8,26H,9-12H2,(H,24,28). The van der Waals surface area contributed by atoms with Gasteiger partial charge < -0.3 is 15.5 Å². The first-order chi connectivity index (χ1) is 14.0. The summed E-state index contributed by atoms with van der Waals surface area (Å²) in [5, 5.41) is 6.76. The SMILES string of the molecule is O=C1CN(C(=O)c2ccc(CNc3ccc4c(Cl)ccnc4c3F)cc2)CCN1. The highest BCUT2D eigenvalue weighted by molar-refractivity contribution is 6.35. The smallest absolute Gasteiger partial charge is 0.254 e. The summed E-state index contributed by atoms with van der Waals surface area (Å²) < 4.78 is 14.7. The van der Waals surface area contributed by atoms with Crippen LogP contribution < -0.4 is 10.6 Å². The second kappa shape index (κ2) is 8.05. The number of benzene rings is 2. The molecule has 4 rings (SSSR count). The number of nitrogens with zero attached hydrogens (tertiary/aromatic N) is 2. The van der Waals surface area contributed by atoms with Gasteiger partial charge in [0.25, 0.3) is 5.91 Å². The molecule has 0 atom stereocenters. The summed E-state index contributed by atoms with van der Waals surface area (Å²) >= 11 is 6.08. The van der Waals surface area contributed by atoms with Crippen molar-refractivity contribution in [2.75, 3.05) is 25.0 Å². The number of piperazine rings is 1.